The predicted octanol–water partition coefficient (Wildman–Crippen LogP) is 2.00. The third-order valence-corrected chi connectivity index (χ3v) is 5.05. The smallest absolute Gasteiger partial charge is 0.241 e. The van der Waals surface area contributed by atoms with E-state index in [9.17, 15) is 4.79 Å². The molecule has 1 aromatic carbocycles. The molecule has 1 fully saturated rings. The fraction of sp³-hybridized carbons (Fsp3) is 0.588. The largest absolute Gasteiger partial charge is 0.327 e. The molecule has 4 heteroatoms. The highest BCUT2D eigenvalue weighted by atomic mass is 16.2. The zero-order valence-electron chi connectivity index (χ0n) is 12.7. The Morgan fingerprint density at radius 3 is 2.95 bits per heavy atom. The number of nitrogens with two attached hydrogens (primary N) is 1. The van der Waals surface area contributed by atoms with Crippen molar-refractivity contribution in [2.24, 2.45) is 11.7 Å². The van der Waals surface area contributed by atoms with Crippen LogP contribution in [0.4, 0.5) is 5.69 Å². The number of hydrogen-bond acceptors (Lipinski definition) is 3. The predicted molar refractivity (Wildman–Crippen MR) is 85.1 cm³/mol. The molecule has 0 bridgehead atoms. The molecular weight excluding hydrogens is 262 g/mol. The number of carbonyl (C=O) groups excluding carboxylic acids is 1. The molecule has 0 aliphatic carbocycles. The van der Waals surface area contributed by atoms with E-state index >= 15 is 0 Å². The van der Waals surface area contributed by atoms with Crippen molar-refractivity contribution in [3.8, 4) is 0 Å². The lowest BCUT2D eigenvalue weighted by atomic mass is 9.89. The molecule has 0 saturated carbocycles. The Morgan fingerprint density at radius 1 is 1.33 bits per heavy atom. The van der Waals surface area contributed by atoms with E-state index in [2.05, 4.69) is 23.2 Å². The average Bonchev–Trinajstić information content (AvgIpc) is 2.66. The van der Waals surface area contributed by atoms with Crippen LogP contribution in [0.3, 0.4) is 0 Å². The summed E-state index contributed by atoms with van der Waals surface area (Å²) in [7, 11) is 0. The van der Waals surface area contributed by atoms with Crippen LogP contribution >= 0.6 is 0 Å². The van der Waals surface area contributed by atoms with Gasteiger partial charge in [-0.25, -0.2) is 0 Å². The minimum atomic E-state index is -0.0149. The maximum atomic E-state index is 12.6. The van der Waals surface area contributed by atoms with E-state index in [1.165, 1.54) is 5.56 Å². The Kier molecular flexibility index (Phi) is 4.27. The van der Waals surface area contributed by atoms with Crippen molar-refractivity contribution in [2.45, 2.75) is 44.7 Å². The number of para-hydroxylation sites is 1. The van der Waals surface area contributed by atoms with Gasteiger partial charge in [-0.1, -0.05) is 31.5 Å². The number of benzene rings is 1. The molecule has 21 heavy (non-hydrogen) atoms. The Balaban J connectivity index is 1.74. The van der Waals surface area contributed by atoms with Crippen molar-refractivity contribution < 1.29 is 4.79 Å². The topological polar surface area (TPSA) is 58.4 Å². The lowest BCUT2D eigenvalue weighted by Gasteiger charge is -2.40. The number of rotatable bonds is 2. The molecule has 0 spiro atoms. The van der Waals surface area contributed by atoms with Gasteiger partial charge in [0.15, 0.2) is 0 Å². The summed E-state index contributed by atoms with van der Waals surface area (Å²) in [6.45, 7) is 4.08. The molecule has 4 nitrogen and oxygen atoms in total. The Hall–Kier alpha value is -1.39. The van der Waals surface area contributed by atoms with Gasteiger partial charge in [0.05, 0.1) is 6.04 Å². The van der Waals surface area contributed by atoms with Crippen LogP contribution in [0, 0.1) is 5.92 Å². The summed E-state index contributed by atoms with van der Waals surface area (Å²) in [6.07, 6.45) is 3.94. The van der Waals surface area contributed by atoms with Crippen molar-refractivity contribution in [3.05, 3.63) is 29.8 Å². The lowest BCUT2D eigenvalue weighted by Crippen LogP contribution is -2.53. The summed E-state index contributed by atoms with van der Waals surface area (Å²) in [5, 5.41) is 3.10. The lowest BCUT2D eigenvalue weighted by molar-refractivity contribution is -0.122. The second-order valence-corrected chi connectivity index (χ2v) is 6.32. The number of hydrogen-bond donors (Lipinski definition) is 2. The van der Waals surface area contributed by atoms with Crippen LogP contribution in [0.1, 0.15) is 31.7 Å². The van der Waals surface area contributed by atoms with Gasteiger partial charge in [0.25, 0.3) is 0 Å². The fourth-order valence-corrected chi connectivity index (χ4v) is 3.64. The molecule has 114 valence electrons. The maximum Gasteiger partial charge on any atom is 0.241 e. The van der Waals surface area contributed by atoms with Gasteiger partial charge in [0.2, 0.25) is 5.91 Å². The van der Waals surface area contributed by atoms with Crippen LogP contribution in [0.5, 0.6) is 0 Å². The van der Waals surface area contributed by atoms with E-state index in [1.807, 2.05) is 18.2 Å². The molecule has 3 unspecified atom stereocenters. The highest BCUT2D eigenvalue weighted by Gasteiger charge is 2.34. The van der Waals surface area contributed by atoms with Crippen LogP contribution in [0.15, 0.2) is 24.3 Å². The van der Waals surface area contributed by atoms with Crippen molar-refractivity contribution in [1.29, 1.82) is 0 Å². The molecule has 2 aliphatic heterocycles. The van der Waals surface area contributed by atoms with Crippen LogP contribution in [0.25, 0.3) is 0 Å². The molecule has 1 amide bonds. The summed E-state index contributed by atoms with van der Waals surface area (Å²) >= 11 is 0. The van der Waals surface area contributed by atoms with Gasteiger partial charge < -0.3 is 11.1 Å². The monoisotopic (exact) mass is 287 g/mol. The number of piperidine rings is 1. The van der Waals surface area contributed by atoms with E-state index in [0.29, 0.717) is 5.92 Å². The van der Waals surface area contributed by atoms with Gasteiger partial charge in [-0.2, -0.15) is 0 Å². The molecule has 2 aliphatic rings. The highest BCUT2D eigenvalue weighted by Crippen LogP contribution is 2.27. The van der Waals surface area contributed by atoms with Crippen LogP contribution in [-0.4, -0.2) is 36.0 Å². The highest BCUT2D eigenvalue weighted by molar-refractivity contribution is 5.96. The van der Waals surface area contributed by atoms with E-state index in [4.69, 9.17) is 5.73 Å². The molecule has 3 atom stereocenters. The first kappa shape index (κ1) is 14.5. The van der Waals surface area contributed by atoms with Gasteiger partial charge >= 0.3 is 0 Å². The van der Waals surface area contributed by atoms with Crippen LogP contribution in [-0.2, 0) is 11.2 Å². The van der Waals surface area contributed by atoms with E-state index in [0.717, 1.165) is 44.5 Å². The van der Waals surface area contributed by atoms with Gasteiger partial charge in [-0.05, 0) is 36.8 Å². The summed E-state index contributed by atoms with van der Waals surface area (Å²) in [6, 6.07) is 8.40. The molecule has 1 aromatic rings. The van der Waals surface area contributed by atoms with Gasteiger partial charge in [0, 0.05) is 24.8 Å². The number of carbonyl (C=O) groups is 1. The van der Waals surface area contributed by atoms with Gasteiger partial charge in [-0.3, -0.25) is 9.69 Å². The quantitative estimate of drug-likeness (QED) is 0.874. The van der Waals surface area contributed by atoms with E-state index in [-0.39, 0.29) is 18.0 Å². The second-order valence-electron chi connectivity index (χ2n) is 6.32. The van der Waals surface area contributed by atoms with Crippen molar-refractivity contribution in [1.82, 2.24) is 4.90 Å². The molecule has 0 aromatic heterocycles. The first-order valence-corrected chi connectivity index (χ1v) is 8.07. The third kappa shape index (κ3) is 2.97. The normalized spacial score (nSPS) is 30.4. The third-order valence-electron chi connectivity index (χ3n) is 5.05. The second kappa shape index (κ2) is 6.16. The van der Waals surface area contributed by atoms with Crippen molar-refractivity contribution in [2.75, 3.05) is 18.4 Å². The molecule has 3 rings (SSSR count). The average molecular weight is 287 g/mol. The van der Waals surface area contributed by atoms with Gasteiger partial charge in [-0.15, -0.1) is 0 Å². The zero-order valence-corrected chi connectivity index (χ0v) is 12.7. The Morgan fingerprint density at radius 2 is 2.14 bits per heavy atom. The molecule has 2 heterocycles. The summed E-state index contributed by atoms with van der Waals surface area (Å²) in [4.78, 5) is 14.9. The summed E-state index contributed by atoms with van der Waals surface area (Å²) in [5.74, 6) is 0.655. The van der Waals surface area contributed by atoms with E-state index in [1.54, 1.807) is 0 Å². The van der Waals surface area contributed by atoms with Crippen LogP contribution in [0.2, 0.25) is 0 Å². The van der Waals surface area contributed by atoms with Crippen LogP contribution < -0.4 is 11.1 Å². The Labute approximate surface area is 126 Å². The first-order chi connectivity index (χ1) is 10.2. The molecule has 0 radical (unpaired) electrons. The number of nitrogens with zero attached hydrogens (tertiary/aromatic N) is 1. The number of amides is 1. The molecule has 1 saturated heterocycles. The summed E-state index contributed by atoms with van der Waals surface area (Å²) < 4.78 is 0. The first-order valence-electron chi connectivity index (χ1n) is 8.07. The number of fused-ring (bicyclic) bond motifs is 1. The maximum absolute atomic E-state index is 12.6. The number of likely N-dealkylation sites (tertiary alicyclic amines) is 1. The van der Waals surface area contributed by atoms with Crippen molar-refractivity contribution >= 4 is 11.6 Å². The minimum Gasteiger partial charge on any atom is -0.327 e. The van der Waals surface area contributed by atoms with E-state index < -0.39 is 0 Å². The standard InChI is InChI=1S/C17H25N3O/c1-2-12-11-20(10-9-14(12)18)16-8-7-13-5-3-4-6-15(13)19-17(16)21/h3-6,12,14,16H,2,7-11,18H2,1H3,(H,19,21). The number of anilines is 1. The van der Waals surface area contributed by atoms with Gasteiger partial charge in [0.1, 0.15) is 0 Å². The molecular formula is C17H25N3O. The zero-order chi connectivity index (χ0) is 14.8. The SMILES string of the molecule is CCC1CN(C2CCc3ccccc3NC2=O)CCC1N. The summed E-state index contributed by atoms with van der Waals surface area (Å²) in [5.41, 5.74) is 8.41. The van der Waals surface area contributed by atoms with Crippen molar-refractivity contribution in [3.63, 3.8) is 0 Å². The minimum absolute atomic E-state index is 0.0149. The number of nitrogens with one attached hydrogen (secondary N) is 1. The number of aryl methyl sites for hydroxylation is 1. The fourth-order valence-electron chi connectivity index (χ4n) is 3.64. The Bertz CT molecular complexity index is 517. The molecule has 3 N–H and O–H groups in total.